The molecule has 0 radical (unpaired) electrons. The molecule has 1 unspecified atom stereocenters. The van der Waals surface area contributed by atoms with Crippen LogP contribution in [-0.2, 0) is 4.79 Å². The quantitative estimate of drug-likeness (QED) is 0.764. The van der Waals surface area contributed by atoms with Crippen LogP contribution in [0.4, 0.5) is 5.69 Å². The summed E-state index contributed by atoms with van der Waals surface area (Å²) >= 11 is 0. The number of rotatable bonds is 8. The second-order valence-corrected chi connectivity index (χ2v) is 7.86. The van der Waals surface area contributed by atoms with Crippen LogP contribution in [0, 0.1) is 5.92 Å². The molecule has 1 aromatic rings. The van der Waals surface area contributed by atoms with Crippen molar-refractivity contribution in [3.05, 3.63) is 29.8 Å². The van der Waals surface area contributed by atoms with E-state index in [1.165, 1.54) is 25.7 Å². The van der Waals surface area contributed by atoms with Crippen molar-refractivity contribution in [2.24, 2.45) is 5.92 Å². The Hall–Kier alpha value is -1.88. The van der Waals surface area contributed by atoms with Crippen LogP contribution >= 0.6 is 0 Å². The summed E-state index contributed by atoms with van der Waals surface area (Å²) in [7, 11) is 0. The summed E-state index contributed by atoms with van der Waals surface area (Å²) < 4.78 is 0. The summed E-state index contributed by atoms with van der Waals surface area (Å²) in [6, 6.07) is 8.63. The highest BCUT2D eigenvalue weighted by Gasteiger charge is 2.39. The van der Waals surface area contributed by atoms with E-state index in [4.69, 9.17) is 0 Å². The topological polar surface area (TPSA) is 61.4 Å². The average Bonchev–Trinajstić information content (AvgIpc) is 3.46. The Morgan fingerprint density at radius 1 is 1.16 bits per heavy atom. The molecule has 3 fully saturated rings. The Labute approximate surface area is 149 Å². The van der Waals surface area contributed by atoms with E-state index < -0.39 is 0 Å². The van der Waals surface area contributed by atoms with E-state index in [-0.39, 0.29) is 11.8 Å². The van der Waals surface area contributed by atoms with Gasteiger partial charge >= 0.3 is 0 Å². The van der Waals surface area contributed by atoms with E-state index >= 15 is 0 Å². The van der Waals surface area contributed by atoms with Gasteiger partial charge in [0.05, 0.1) is 6.54 Å². The number of nitrogens with one attached hydrogen (secondary N) is 2. The Morgan fingerprint density at radius 2 is 1.92 bits per heavy atom. The molecule has 0 saturated heterocycles. The third-order valence-electron chi connectivity index (χ3n) is 5.49. The molecular formula is C20H27N3O2. The van der Waals surface area contributed by atoms with Crippen molar-refractivity contribution in [3.8, 4) is 0 Å². The Balaban J connectivity index is 1.35. The van der Waals surface area contributed by atoms with Crippen molar-refractivity contribution < 1.29 is 9.59 Å². The number of carbonyl (C=O) groups excluding carboxylic acids is 2. The first kappa shape index (κ1) is 16.6. The molecule has 0 aliphatic heterocycles. The summed E-state index contributed by atoms with van der Waals surface area (Å²) in [6.45, 7) is 2.70. The lowest BCUT2D eigenvalue weighted by Crippen LogP contribution is -2.42. The molecule has 0 bridgehead atoms. The molecule has 1 atom stereocenters. The van der Waals surface area contributed by atoms with Crippen LogP contribution in [-0.4, -0.2) is 41.4 Å². The van der Waals surface area contributed by atoms with Gasteiger partial charge in [-0.1, -0.05) is 6.07 Å². The minimum Gasteiger partial charge on any atom is -0.349 e. The average molecular weight is 341 g/mol. The molecule has 0 spiro atoms. The van der Waals surface area contributed by atoms with Crippen molar-refractivity contribution >= 4 is 17.5 Å². The molecule has 25 heavy (non-hydrogen) atoms. The van der Waals surface area contributed by atoms with Crippen molar-refractivity contribution in [1.29, 1.82) is 0 Å². The predicted molar refractivity (Wildman–Crippen MR) is 97.5 cm³/mol. The van der Waals surface area contributed by atoms with Crippen LogP contribution in [0.25, 0.3) is 0 Å². The van der Waals surface area contributed by atoms with Gasteiger partial charge in [0.1, 0.15) is 0 Å². The molecule has 2 amide bonds. The maximum absolute atomic E-state index is 12.5. The largest absolute Gasteiger partial charge is 0.349 e. The fraction of sp³-hybridized carbons (Fsp3) is 0.600. The van der Waals surface area contributed by atoms with E-state index in [9.17, 15) is 9.59 Å². The van der Waals surface area contributed by atoms with Crippen LogP contribution in [0.3, 0.4) is 0 Å². The van der Waals surface area contributed by atoms with Crippen LogP contribution in [0.2, 0.25) is 0 Å². The maximum atomic E-state index is 12.5. The third-order valence-corrected chi connectivity index (χ3v) is 5.49. The standard InChI is InChI=1S/C20H27N3O2/c1-13(14-5-6-14)23(18-9-10-18)12-19(24)21-17-4-2-3-15(11-17)20(25)22-16-7-8-16/h2-4,11,13-14,16,18H,5-10,12H2,1H3,(H,21,24)(H,22,25). The first-order chi connectivity index (χ1) is 12.1. The zero-order chi connectivity index (χ0) is 17.4. The minimum atomic E-state index is -0.0550. The Bertz CT molecular complexity index is 663. The van der Waals surface area contributed by atoms with E-state index in [1.807, 2.05) is 12.1 Å². The molecule has 3 aliphatic carbocycles. The highest BCUT2D eigenvalue weighted by Crippen LogP contribution is 2.39. The number of carbonyl (C=O) groups is 2. The lowest BCUT2D eigenvalue weighted by atomic mass is 10.1. The summed E-state index contributed by atoms with van der Waals surface area (Å²) in [5.41, 5.74) is 1.30. The number of nitrogens with zero attached hydrogens (tertiary/aromatic N) is 1. The highest BCUT2D eigenvalue weighted by atomic mass is 16.2. The van der Waals surface area contributed by atoms with Crippen LogP contribution in [0.15, 0.2) is 24.3 Å². The fourth-order valence-electron chi connectivity index (χ4n) is 3.46. The number of hydrogen-bond acceptors (Lipinski definition) is 3. The molecule has 0 heterocycles. The molecule has 5 heteroatoms. The lowest BCUT2D eigenvalue weighted by molar-refractivity contribution is -0.118. The molecule has 1 aromatic carbocycles. The molecule has 0 aromatic heterocycles. The van der Waals surface area contributed by atoms with Gasteiger partial charge in [-0.15, -0.1) is 0 Å². The SMILES string of the molecule is CC(C1CC1)N(CC(=O)Nc1cccc(C(=O)NC2CC2)c1)C1CC1. The van der Waals surface area contributed by atoms with Crippen molar-refractivity contribution in [2.45, 2.75) is 63.6 Å². The zero-order valence-electron chi connectivity index (χ0n) is 14.8. The van der Waals surface area contributed by atoms with Gasteiger partial charge in [-0.25, -0.2) is 0 Å². The molecule has 134 valence electrons. The number of amides is 2. The lowest BCUT2D eigenvalue weighted by Gasteiger charge is -2.28. The van der Waals surface area contributed by atoms with E-state index in [1.54, 1.807) is 12.1 Å². The molecule has 3 saturated carbocycles. The summed E-state index contributed by atoms with van der Waals surface area (Å²) in [4.78, 5) is 27.0. The minimum absolute atomic E-state index is 0.0131. The molecular weight excluding hydrogens is 314 g/mol. The number of benzene rings is 1. The third kappa shape index (κ3) is 4.40. The molecule has 5 nitrogen and oxygen atoms in total. The van der Waals surface area contributed by atoms with Gasteiger partial charge in [0, 0.05) is 29.4 Å². The number of hydrogen-bond donors (Lipinski definition) is 2. The summed E-state index contributed by atoms with van der Waals surface area (Å²) in [5.74, 6) is 0.725. The molecule has 4 rings (SSSR count). The monoisotopic (exact) mass is 341 g/mol. The van der Waals surface area contributed by atoms with Gasteiger partial charge < -0.3 is 10.6 Å². The fourth-order valence-corrected chi connectivity index (χ4v) is 3.46. The van der Waals surface area contributed by atoms with Crippen molar-refractivity contribution in [3.63, 3.8) is 0 Å². The normalized spacial score (nSPS) is 21.0. The maximum Gasteiger partial charge on any atom is 0.251 e. The zero-order valence-corrected chi connectivity index (χ0v) is 14.8. The van der Waals surface area contributed by atoms with Gasteiger partial charge in [-0.05, 0) is 69.6 Å². The van der Waals surface area contributed by atoms with Gasteiger partial charge in [-0.2, -0.15) is 0 Å². The van der Waals surface area contributed by atoms with Gasteiger partial charge in [0.25, 0.3) is 5.91 Å². The first-order valence-electron chi connectivity index (χ1n) is 9.56. The molecule has 2 N–H and O–H groups in total. The van der Waals surface area contributed by atoms with Crippen molar-refractivity contribution in [2.75, 3.05) is 11.9 Å². The first-order valence-corrected chi connectivity index (χ1v) is 9.56. The molecule has 3 aliphatic rings. The van der Waals surface area contributed by atoms with E-state index in [0.717, 1.165) is 18.8 Å². The second kappa shape index (κ2) is 6.79. The van der Waals surface area contributed by atoms with Crippen LogP contribution < -0.4 is 10.6 Å². The highest BCUT2D eigenvalue weighted by molar-refractivity contribution is 5.97. The van der Waals surface area contributed by atoms with Gasteiger partial charge in [0.2, 0.25) is 5.91 Å². The van der Waals surface area contributed by atoms with Crippen LogP contribution in [0.1, 0.15) is 55.8 Å². The van der Waals surface area contributed by atoms with Gasteiger partial charge in [0.15, 0.2) is 0 Å². The Morgan fingerprint density at radius 3 is 2.56 bits per heavy atom. The summed E-state index contributed by atoms with van der Waals surface area (Å²) in [5, 5.41) is 5.95. The van der Waals surface area contributed by atoms with Gasteiger partial charge in [-0.3, -0.25) is 14.5 Å². The second-order valence-electron chi connectivity index (χ2n) is 7.86. The van der Waals surface area contributed by atoms with E-state index in [2.05, 4.69) is 22.5 Å². The summed E-state index contributed by atoms with van der Waals surface area (Å²) in [6.07, 6.45) is 7.15. The Kier molecular flexibility index (Phi) is 4.50. The van der Waals surface area contributed by atoms with Crippen LogP contribution in [0.5, 0.6) is 0 Å². The predicted octanol–water partition coefficient (Wildman–Crippen LogP) is 2.78. The van der Waals surface area contributed by atoms with Crippen molar-refractivity contribution in [1.82, 2.24) is 10.2 Å². The van der Waals surface area contributed by atoms with E-state index in [0.29, 0.717) is 35.9 Å². The number of anilines is 1. The smallest absolute Gasteiger partial charge is 0.251 e.